The van der Waals surface area contributed by atoms with Crippen molar-refractivity contribution in [3.05, 3.63) is 90.1 Å². The van der Waals surface area contributed by atoms with Crippen LogP contribution in [0, 0.1) is 5.82 Å². The van der Waals surface area contributed by atoms with E-state index in [1.165, 1.54) is 6.07 Å². The van der Waals surface area contributed by atoms with Gasteiger partial charge in [-0.2, -0.15) is 5.10 Å². The summed E-state index contributed by atoms with van der Waals surface area (Å²) >= 11 is 0. The summed E-state index contributed by atoms with van der Waals surface area (Å²) in [5, 5.41) is 7.41. The summed E-state index contributed by atoms with van der Waals surface area (Å²) in [6.07, 6.45) is 3.54. The molecule has 4 aromatic rings. The molecule has 1 fully saturated rings. The minimum atomic E-state index is -0.232. The first-order valence-corrected chi connectivity index (χ1v) is 10.0. The van der Waals surface area contributed by atoms with E-state index < -0.39 is 0 Å². The van der Waals surface area contributed by atoms with Gasteiger partial charge >= 0.3 is 0 Å². The minimum absolute atomic E-state index is 0.00862. The molecule has 5 rings (SSSR count). The molecule has 1 N–H and O–H groups in total. The van der Waals surface area contributed by atoms with Crippen molar-refractivity contribution in [3.8, 4) is 22.6 Å². The van der Waals surface area contributed by atoms with Gasteiger partial charge in [0.1, 0.15) is 11.5 Å². The van der Waals surface area contributed by atoms with E-state index in [-0.39, 0.29) is 11.9 Å². The van der Waals surface area contributed by atoms with Crippen LogP contribution in [0.15, 0.2) is 77.5 Å². The number of morpholine rings is 1. The molecule has 1 aliphatic heterocycles. The van der Waals surface area contributed by atoms with E-state index in [4.69, 9.17) is 9.15 Å². The lowest BCUT2D eigenvalue weighted by molar-refractivity contribution is 0.0240. The molecule has 3 heterocycles. The molecule has 0 amide bonds. The Morgan fingerprint density at radius 1 is 0.967 bits per heavy atom. The molecular formula is C24H22FN3O2. The topological polar surface area (TPSA) is 54.3 Å². The molecule has 0 bridgehead atoms. The molecule has 6 heteroatoms. The van der Waals surface area contributed by atoms with Gasteiger partial charge in [0.2, 0.25) is 0 Å². The predicted molar refractivity (Wildman–Crippen MR) is 112 cm³/mol. The van der Waals surface area contributed by atoms with Gasteiger partial charge in [-0.1, -0.05) is 36.4 Å². The molecule has 30 heavy (non-hydrogen) atoms. The molecule has 0 radical (unpaired) electrons. The monoisotopic (exact) mass is 403 g/mol. The molecule has 0 saturated carbocycles. The lowest BCUT2D eigenvalue weighted by atomic mass is 9.94. The number of ether oxygens (including phenoxy) is 1. The molecule has 1 aliphatic rings. The number of hydrogen-bond acceptors (Lipinski definition) is 4. The first-order valence-electron chi connectivity index (χ1n) is 10.0. The maximum atomic E-state index is 13.6. The van der Waals surface area contributed by atoms with E-state index in [1.54, 1.807) is 18.4 Å². The number of nitrogens with one attached hydrogen (secondary N) is 1. The van der Waals surface area contributed by atoms with Gasteiger partial charge in [-0.25, -0.2) is 4.39 Å². The predicted octanol–water partition coefficient (Wildman–Crippen LogP) is 4.90. The minimum Gasteiger partial charge on any atom is -0.463 e. The average Bonchev–Trinajstić information content (AvgIpc) is 3.47. The van der Waals surface area contributed by atoms with Crippen molar-refractivity contribution in [1.29, 1.82) is 0 Å². The highest BCUT2D eigenvalue weighted by Crippen LogP contribution is 2.36. The van der Waals surface area contributed by atoms with Crippen LogP contribution in [0.4, 0.5) is 4.39 Å². The molecule has 1 saturated heterocycles. The molecule has 0 aliphatic carbocycles. The Bertz CT molecular complexity index is 1100. The van der Waals surface area contributed by atoms with Crippen molar-refractivity contribution < 1.29 is 13.5 Å². The zero-order valence-electron chi connectivity index (χ0n) is 16.4. The highest BCUT2D eigenvalue weighted by atomic mass is 19.1. The molecule has 0 spiro atoms. The number of furan rings is 1. The number of rotatable bonds is 5. The van der Waals surface area contributed by atoms with Crippen LogP contribution < -0.4 is 0 Å². The Labute approximate surface area is 174 Å². The Balaban J connectivity index is 1.54. The quantitative estimate of drug-likeness (QED) is 0.515. The number of aromatic amines is 1. The van der Waals surface area contributed by atoms with Crippen molar-refractivity contribution in [2.45, 2.75) is 6.04 Å². The Hall–Kier alpha value is -3.22. The van der Waals surface area contributed by atoms with Crippen molar-refractivity contribution >= 4 is 0 Å². The third kappa shape index (κ3) is 3.67. The molecule has 2 aromatic heterocycles. The highest BCUT2D eigenvalue weighted by molar-refractivity contribution is 5.64. The fourth-order valence-electron chi connectivity index (χ4n) is 4.07. The largest absolute Gasteiger partial charge is 0.463 e. The number of aromatic nitrogens is 2. The fraction of sp³-hybridized carbons (Fsp3) is 0.208. The van der Waals surface area contributed by atoms with Gasteiger partial charge < -0.3 is 9.15 Å². The van der Waals surface area contributed by atoms with E-state index >= 15 is 0 Å². The van der Waals surface area contributed by atoms with Crippen LogP contribution in [0.1, 0.15) is 17.2 Å². The first-order chi connectivity index (χ1) is 14.8. The van der Waals surface area contributed by atoms with Gasteiger partial charge in [0.05, 0.1) is 31.7 Å². The summed E-state index contributed by atoms with van der Waals surface area (Å²) in [6.45, 7) is 3.07. The van der Waals surface area contributed by atoms with Gasteiger partial charge in [0.15, 0.2) is 5.76 Å². The van der Waals surface area contributed by atoms with Gasteiger partial charge in [-0.15, -0.1) is 0 Å². The van der Waals surface area contributed by atoms with Crippen molar-refractivity contribution in [3.63, 3.8) is 0 Å². The van der Waals surface area contributed by atoms with Gasteiger partial charge in [-0.3, -0.25) is 10.00 Å². The van der Waals surface area contributed by atoms with Crippen LogP contribution in [0.5, 0.6) is 0 Å². The Morgan fingerprint density at radius 2 is 1.80 bits per heavy atom. The van der Waals surface area contributed by atoms with Gasteiger partial charge in [0, 0.05) is 18.7 Å². The maximum Gasteiger partial charge on any atom is 0.151 e. The Kier molecular flexibility index (Phi) is 5.17. The van der Waals surface area contributed by atoms with Gasteiger partial charge in [0.25, 0.3) is 0 Å². The number of H-pyrrole nitrogens is 1. The summed E-state index contributed by atoms with van der Waals surface area (Å²) in [5.74, 6) is 0.529. The van der Waals surface area contributed by atoms with E-state index in [2.05, 4.69) is 27.2 Å². The molecule has 152 valence electrons. The van der Waals surface area contributed by atoms with Crippen molar-refractivity contribution in [2.75, 3.05) is 26.3 Å². The summed E-state index contributed by atoms with van der Waals surface area (Å²) in [7, 11) is 0. The lowest BCUT2D eigenvalue weighted by Crippen LogP contribution is -2.39. The molecule has 2 aromatic carbocycles. The summed E-state index contributed by atoms with van der Waals surface area (Å²) < 4.78 is 24.8. The van der Waals surface area contributed by atoms with E-state index in [9.17, 15) is 4.39 Å². The summed E-state index contributed by atoms with van der Waals surface area (Å²) in [4.78, 5) is 2.40. The second-order valence-electron chi connectivity index (χ2n) is 7.36. The highest BCUT2D eigenvalue weighted by Gasteiger charge is 2.28. The normalized spacial score (nSPS) is 15.9. The SMILES string of the molecule is Fc1cccc(-c2ccc(C(c3cn[nH]c3-c3ccco3)N3CCOCC3)cc2)c1. The number of hydrogen-bond donors (Lipinski definition) is 1. The van der Waals surface area contributed by atoms with Crippen LogP contribution in [0.3, 0.4) is 0 Å². The van der Waals surface area contributed by atoms with Crippen LogP contribution in [-0.4, -0.2) is 41.4 Å². The zero-order chi connectivity index (χ0) is 20.3. The smallest absolute Gasteiger partial charge is 0.151 e. The van der Waals surface area contributed by atoms with Crippen molar-refractivity contribution in [2.24, 2.45) is 0 Å². The summed E-state index contributed by atoms with van der Waals surface area (Å²) in [5.41, 5.74) is 4.93. The van der Waals surface area contributed by atoms with Crippen LogP contribution in [0.2, 0.25) is 0 Å². The molecule has 5 nitrogen and oxygen atoms in total. The van der Waals surface area contributed by atoms with Crippen LogP contribution in [0.25, 0.3) is 22.6 Å². The number of nitrogens with zero attached hydrogens (tertiary/aromatic N) is 2. The Morgan fingerprint density at radius 3 is 2.53 bits per heavy atom. The van der Waals surface area contributed by atoms with E-state index in [0.717, 1.165) is 46.8 Å². The third-order valence-corrected chi connectivity index (χ3v) is 5.53. The standard InChI is InChI=1S/C24H22FN3O2/c25-20-4-1-3-19(15-20)17-6-8-18(9-7-17)24(28-10-13-29-14-11-28)21-16-26-27-23(21)22-5-2-12-30-22/h1-9,12,15-16,24H,10-11,13-14H2,(H,26,27). The van der Waals surface area contributed by atoms with E-state index in [0.29, 0.717) is 13.2 Å². The zero-order valence-corrected chi connectivity index (χ0v) is 16.4. The lowest BCUT2D eigenvalue weighted by Gasteiger charge is -2.34. The second kappa shape index (κ2) is 8.26. The van der Waals surface area contributed by atoms with Crippen LogP contribution >= 0.6 is 0 Å². The third-order valence-electron chi connectivity index (χ3n) is 5.53. The number of benzene rings is 2. The average molecular weight is 403 g/mol. The fourth-order valence-corrected chi connectivity index (χ4v) is 4.07. The van der Waals surface area contributed by atoms with Gasteiger partial charge in [-0.05, 0) is 41.0 Å². The van der Waals surface area contributed by atoms with Crippen molar-refractivity contribution in [1.82, 2.24) is 15.1 Å². The maximum absolute atomic E-state index is 13.6. The molecular weight excluding hydrogens is 381 g/mol. The molecule has 1 unspecified atom stereocenters. The van der Waals surface area contributed by atoms with E-state index in [1.807, 2.05) is 36.5 Å². The molecule has 1 atom stereocenters. The second-order valence-corrected chi connectivity index (χ2v) is 7.36. The summed E-state index contributed by atoms with van der Waals surface area (Å²) in [6, 6.07) is 18.8. The number of halogens is 1. The first kappa shape index (κ1) is 18.8. The van der Waals surface area contributed by atoms with Crippen LogP contribution in [-0.2, 0) is 4.74 Å².